The first-order chi connectivity index (χ1) is 16.9. The SMILES string of the molecule is CCN1CCC[C@H]1CN1Cc2c(F)cccc2C(C(=O)N[C@H](c2cccc(F)c2)C2CC2=O)=C1C. The summed E-state index contributed by atoms with van der Waals surface area (Å²) in [5, 5.41) is 3.00. The molecule has 7 heteroatoms. The number of carbonyl (C=O) groups excluding carboxylic acids is 2. The van der Waals surface area contributed by atoms with Crippen molar-refractivity contribution >= 4 is 17.3 Å². The summed E-state index contributed by atoms with van der Waals surface area (Å²) in [7, 11) is 0. The van der Waals surface area contributed by atoms with Gasteiger partial charge in [0, 0.05) is 42.7 Å². The van der Waals surface area contributed by atoms with Crippen molar-refractivity contribution in [3.8, 4) is 0 Å². The molecule has 35 heavy (non-hydrogen) atoms. The summed E-state index contributed by atoms with van der Waals surface area (Å²) in [5.74, 6) is -1.44. The minimum absolute atomic E-state index is 0.0443. The zero-order valence-electron chi connectivity index (χ0n) is 20.2. The van der Waals surface area contributed by atoms with Crippen molar-refractivity contribution in [3.63, 3.8) is 0 Å². The van der Waals surface area contributed by atoms with Gasteiger partial charge in [-0.15, -0.1) is 0 Å². The van der Waals surface area contributed by atoms with Gasteiger partial charge in [0.15, 0.2) is 0 Å². The van der Waals surface area contributed by atoms with Crippen LogP contribution in [0.25, 0.3) is 5.57 Å². The van der Waals surface area contributed by atoms with E-state index in [1.807, 2.05) is 6.92 Å². The van der Waals surface area contributed by atoms with E-state index in [0.29, 0.717) is 41.3 Å². The van der Waals surface area contributed by atoms with Crippen molar-refractivity contribution in [1.29, 1.82) is 0 Å². The molecular formula is C28H31F2N3O2. The van der Waals surface area contributed by atoms with Crippen LogP contribution >= 0.6 is 0 Å². The Hall–Kier alpha value is -3.06. The maximum absolute atomic E-state index is 14.9. The summed E-state index contributed by atoms with van der Waals surface area (Å²) in [6, 6.07) is 10.6. The Labute approximate surface area is 204 Å². The fraction of sp³-hybridized carbons (Fsp3) is 0.429. The molecule has 5 rings (SSSR count). The summed E-state index contributed by atoms with van der Waals surface area (Å²) < 4.78 is 28.9. The summed E-state index contributed by atoms with van der Waals surface area (Å²) in [6.45, 7) is 7.21. The number of hydrogen-bond acceptors (Lipinski definition) is 4. The van der Waals surface area contributed by atoms with Gasteiger partial charge in [-0.2, -0.15) is 0 Å². The molecule has 2 aromatic carbocycles. The molecule has 2 heterocycles. The van der Waals surface area contributed by atoms with Crippen molar-refractivity contribution in [2.24, 2.45) is 5.92 Å². The van der Waals surface area contributed by atoms with E-state index in [4.69, 9.17) is 0 Å². The normalized spacial score (nSPS) is 22.9. The molecule has 3 atom stereocenters. The van der Waals surface area contributed by atoms with Crippen LogP contribution in [-0.4, -0.2) is 47.2 Å². The quantitative estimate of drug-likeness (QED) is 0.638. The number of nitrogens with one attached hydrogen (secondary N) is 1. The minimum Gasteiger partial charge on any atom is -0.368 e. The first-order valence-corrected chi connectivity index (χ1v) is 12.4. The van der Waals surface area contributed by atoms with Gasteiger partial charge in [0.2, 0.25) is 0 Å². The number of allylic oxidation sites excluding steroid dienone is 1. The molecule has 5 nitrogen and oxygen atoms in total. The van der Waals surface area contributed by atoms with Gasteiger partial charge >= 0.3 is 0 Å². The molecule has 1 saturated heterocycles. The van der Waals surface area contributed by atoms with E-state index in [9.17, 15) is 18.4 Å². The van der Waals surface area contributed by atoms with Crippen molar-refractivity contribution in [2.75, 3.05) is 19.6 Å². The van der Waals surface area contributed by atoms with Crippen molar-refractivity contribution < 1.29 is 18.4 Å². The number of likely N-dealkylation sites (N-methyl/N-ethyl adjacent to an activating group) is 1. The molecule has 0 aromatic heterocycles. The number of Topliss-reactive ketones (excluding diaryl/α,β-unsaturated/α-hetero) is 1. The molecular weight excluding hydrogens is 448 g/mol. The predicted octanol–water partition coefficient (Wildman–Crippen LogP) is 4.44. The predicted molar refractivity (Wildman–Crippen MR) is 130 cm³/mol. The number of nitrogens with zero attached hydrogens (tertiary/aromatic N) is 2. The highest BCUT2D eigenvalue weighted by molar-refractivity contribution is 6.21. The minimum atomic E-state index is -0.621. The Morgan fingerprint density at radius 2 is 1.97 bits per heavy atom. The van der Waals surface area contributed by atoms with Crippen molar-refractivity contribution in [2.45, 2.75) is 51.7 Å². The molecule has 0 bridgehead atoms. The van der Waals surface area contributed by atoms with E-state index < -0.39 is 11.9 Å². The Bertz CT molecular complexity index is 1190. The van der Waals surface area contributed by atoms with Gasteiger partial charge in [-0.3, -0.25) is 14.5 Å². The molecule has 1 saturated carbocycles. The molecule has 2 fully saturated rings. The summed E-state index contributed by atoms with van der Waals surface area (Å²) in [5.41, 5.74) is 2.86. The Morgan fingerprint density at radius 3 is 2.69 bits per heavy atom. The van der Waals surface area contributed by atoms with Crippen LogP contribution in [0.5, 0.6) is 0 Å². The molecule has 1 N–H and O–H groups in total. The average molecular weight is 480 g/mol. The molecule has 1 unspecified atom stereocenters. The van der Waals surface area contributed by atoms with Gasteiger partial charge in [-0.1, -0.05) is 31.2 Å². The summed E-state index contributed by atoms with van der Waals surface area (Å²) >= 11 is 0. The largest absolute Gasteiger partial charge is 0.368 e. The van der Waals surface area contributed by atoms with Crippen LogP contribution < -0.4 is 5.32 Å². The van der Waals surface area contributed by atoms with E-state index in [-0.39, 0.29) is 23.4 Å². The smallest absolute Gasteiger partial charge is 0.254 e. The van der Waals surface area contributed by atoms with Crippen LogP contribution in [0.3, 0.4) is 0 Å². The Kier molecular flexibility index (Phi) is 6.45. The van der Waals surface area contributed by atoms with E-state index in [0.717, 1.165) is 38.2 Å². The van der Waals surface area contributed by atoms with E-state index in [1.165, 1.54) is 18.2 Å². The van der Waals surface area contributed by atoms with Crippen LogP contribution in [-0.2, 0) is 16.1 Å². The summed E-state index contributed by atoms with van der Waals surface area (Å²) in [4.78, 5) is 30.3. The number of rotatable bonds is 7. The highest BCUT2D eigenvalue weighted by Crippen LogP contribution is 2.39. The van der Waals surface area contributed by atoms with Gasteiger partial charge < -0.3 is 10.2 Å². The standard InChI is InChI=1S/C28H31F2N3O2/c1-3-32-12-6-9-20(32)15-33-16-23-21(10-5-11-24(23)30)26(17(33)2)28(35)31-27(22-14-25(22)34)18-7-4-8-19(29)13-18/h4-5,7-8,10-11,13,20,22,27H,3,6,9,12,14-16H2,1-2H3,(H,31,35)/t20-,22?,27+/m0/s1. The van der Waals surface area contributed by atoms with E-state index in [2.05, 4.69) is 22.0 Å². The van der Waals surface area contributed by atoms with E-state index >= 15 is 0 Å². The zero-order valence-corrected chi connectivity index (χ0v) is 20.2. The third-order valence-electron chi connectivity index (χ3n) is 7.71. The molecule has 1 aliphatic carbocycles. The lowest BCUT2D eigenvalue weighted by Gasteiger charge is -2.37. The van der Waals surface area contributed by atoms with Crippen LogP contribution in [0.4, 0.5) is 8.78 Å². The maximum Gasteiger partial charge on any atom is 0.254 e. The number of halogens is 2. The fourth-order valence-corrected chi connectivity index (χ4v) is 5.67. The second kappa shape index (κ2) is 9.53. The first kappa shape index (κ1) is 23.7. The highest BCUT2D eigenvalue weighted by Gasteiger charge is 2.44. The zero-order chi connectivity index (χ0) is 24.7. The number of fused-ring (bicyclic) bond motifs is 1. The molecule has 0 spiro atoms. The number of benzene rings is 2. The van der Waals surface area contributed by atoms with Crippen LogP contribution in [0, 0.1) is 17.6 Å². The first-order valence-electron chi connectivity index (χ1n) is 12.4. The summed E-state index contributed by atoms with van der Waals surface area (Å²) in [6.07, 6.45) is 2.57. The monoisotopic (exact) mass is 479 g/mol. The lowest BCUT2D eigenvalue weighted by atomic mass is 9.91. The third-order valence-corrected chi connectivity index (χ3v) is 7.71. The number of likely N-dealkylation sites (tertiary alicyclic amines) is 1. The second-order valence-electron chi connectivity index (χ2n) is 9.81. The van der Waals surface area contributed by atoms with Crippen LogP contribution in [0.1, 0.15) is 55.8 Å². The van der Waals surface area contributed by atoms with Gasteiger partial charge in [0.05, 0.1) is 11.6 Å². The topological polar surface area (TPSA) is 52.6 Å². The number of ketones is 1. The van der Waals surface area contributed by atoms with Crippen LogP contribution in [0.2, 0.25) is 0 Å². The third kappa shape index (κ3) is 4.61. The molecule has 2 aromatic rings. The number of amides is 1. The molecule has 184 valence electrons. The molecule has 1 amide bonds. The van der Waals surface area contributed by atoms with Crippen molar-refractivity contribution in [1.82, 2.24) is 15.1 Å². The maximum atomic E-state index is 14.9. The van der Waals surface area contributed by atoms with Gasteiger partial charge in [0.25, 0.3) is 5.91 Å². The van der Waals surface area contributed by atoms with Gasteiger partial charge in [-0.05, 0) is 62.2 Å². The lowest BCUT2D eigenvalue weighted by molar-refractivity contribution is -0.116. The van der Waals surface area contributed by atoms with Crippen LogP contribution in [0.15, 0.2) is 48.2 Å². The highest BCUT2D eigenvalue weighted by atomic mass is 19.1. The second-order valence-corrected chi connectivity index (χ2v) is 9.81. The van der Waals surface area contributed by atoms with E-state index in [1.54, 1.807) is 24.3 Å². The number of carbonyl (C=O) groups is 2. The van der Waals surface area contributed by atoms with Gasteiger partial charge in [-0.25, -0.2) is 8.78 Å². The Morgan fingerprint density at radius 1 is 1.20 bits per heavy atom. The average Bonchev–Trinajstić information content (AvgIpc) is 3.38. The Balaban J connectivity index is 1.49. The lowest BCUT2D eigenvalue weighted by Crippen LogP contribution is -2.42. The van der Waals surface area contributed by atoms with Crippen molar-refractivity contribution in [3.05, 3.63) is 76.5 Å². The fourth-order valence-electron chi connectivity index (χ4n) is 5.67. The molecule has 0 radical (unpaired) electrons. The number of hydrogen-bond donors (Lipinski definition) is 1. The molecule has 2 aliphatic heterocycles. The van der Waals surface area contributed by atoms with Gasteiger partial charge in [0.1, 0.15) is 17.4 Å². The molecule has 3 aliphatic rings.